The molecule has 1 aromatic carbocycles. The molecule has 0 aliphatic rings. The van der Waals surface area contributed by atoms with Gasteiger partial charge < -0.3 is 5.73 Å². The lowest BCUT2D eigenvalue weighted by Crippen LogP contribution is -2.14. The van der Waals surface area contributed by atoms with Gasteiger partial charge in [0.05, 0.1) is 0 Å². The zero-order chi connectivity index (χ0) is 13.3. The molecule has 0 fully saturated rings. The second-order valence-corrected chi connectivity index (χ2v) is 5.59. The highest BCUT2D eigenvalue weighted by molar-refractivity contribution is 5.62. The monoisotopic (exact) mass is 241 g/mol. The van der Waals surface area contributed by atoms with Gasteiger partial charge in [0.25, 0.3) is 0 Å². The van der Waals surface area contributed by atoms with Crippen LogP contribution in [0.15, 0.2) is 30.5 Å². The molecule has 0 amide bonds. The summed E-state index contributed by atoms with van der Waals surface area (Å²) in [6, 6.07) is 7.85. The Morgan fingerprint density at radius 3 is 2.44 bits per heavy atom. The molecule has 2 rings (SSSR count). The highest BCUT2D eigenvalue weighted by atomic mass is 14.9. The van der Waals surface area contributed by atoms with Crippen LogP contribution in [0.3, 0.4) is 0 Å². The molecule has 1 aromatic heterocycles. The fraction of sp³-hybridized carbons (Fsp3) is 0.333. The average Bonchev–Trinajstić information content (AvgIpc) is 2.32. The second kappa shape index (κ2) is 4.41. The number of hydrogen-bond donors (Lipinski definition) is 1. The molecular formula is C15H19N3. The number of nitrogens with two attached hydrogens (primary N) is 1. The molecule has 0 radical (unpaired) electrons. The summed E-state index contributed by atoms with van der Waals surface area (Å²) in [4.78, 5) is 8.98. The smallest absolute Gasteiger partial charge is 0.159 e. The number of hydrogen-bond acceptors (Lipinski definition) is 3. The molecule has 0 unspecified atom stereocenters. The van der Waals surface area contributed by atoms with Crippen LogP contribution in [0.25, 0.3) is 11.4 Å². The molecule has 94 valence electrons. The molecule has 3 nitrogen and oxygen atoms in total. The van der Waals surface area contributed by atoms with Crippen LogP contribution in [0.1, 0.15) is 32.0 Å². The quantitative estimate of drug-likeness (QED) is 0.779. The molecule has 0 saturated heterocycles. The van der Waals surface area contributed by atoms with Crippen molar-refractivity contribution < 1.29 is 0 Å². The Morgan fingerprint density at radius 2 is 1.83 bits per heavy atom. The fourth-order valence-corrected chi connectivity index (χ4v) is 1.73. The van der Waals surface area contributed by atoms with Crippen molar-refractivity contribution in [3.8, 4) is 11.4 Å². The second-order valence-electron chi connectivity index (χ2n) is 5.59. The maximum atomic E-state index is 5.83. The minimum Gasteiger partial charge on any atom is -0.399 e. The Balaban J connectivity index is 2.48. The SMILES string of the molecule is Cc1cc(-c2nccc(C(C)(C)C)n2)ccc1N. The molecule has 1 heterocycles. The maximum Gasteiger partial charge on any atom is 0.159 e. The summed E-state index contributed by atoms with van der Waals surface area (Å²) in [6.07, 6.45) is 1.81. The fourth-order valence-electron chi connectivity index (χ4n) is 1.73. The minimum absolute atomic E-state index is 0.0283. The van der Waals surface area contributed by atoms with E-state index in [4.69, 9.17) is 5.73 Å². The minimum atomic E-state index is 0.0283. The molecule has 2 N–H and O–H groups in total. The zero-order valence-corrected chi connectivity index (χ0v) is 11.4. The molecule has 0 aliphatic carbocycles. The third kappa shape index (κ3) is 2.50. The molecular weight excluding hydrogens is 222 g/mol. The van der Waals surface area contributed by atoms with Crippen molar-refractivity contribution >= 4 is 5.69 Å². The van der Waals surface area contributed by atoms with E-state index >= 15 is 0 Å². The third-order valence-electron chi connectivity index (χ3n) is 2.95. The number of benzene rings is 1. The average molecular weight is 241 g/mol. The maximum absolute atomic E-state index is 5.83. The zero-order valence-electron chi connectivity index (χ0n) is 11.4. The van der Waals surface area contributed by atoms with Crippen LogP contribution in [0.2, 0.25) is 0 Å². The van der Waals surface area contributed by atoms with E-state index in [1.807, 2.05) is 37.4 Å². The summed E-state index contributed by atoms with van der Waals surface area (Å²) in [5, 5.41) is 0. The topological polar surface area (TPSA) is 51.8 Å². The van der Waals surface area contributed by atoms with Gasteiger partial charge in [0.2, 0.25) is 0 Å². The Kier molecular flexibility index (Phi) is 3.07. The Bertz CT molecular complexity index is 568. The number of nitrogen functional groups attached to an aromatic ring is 1. The predicted molar refractivity (Wildman–Crippen MR) is 75.3 cm³/mol. The van der Waals surface area contributed by atoms with Crippen molar-refractivity contribution in [3.05, 3.63) is 41.7 Å². The van der Waals surface area contributed by atoms with Crippen LogP contribution >= 0.6 is 0 Å². The van der Waals surface area contributed by atoms with Crippen molar-refractivity contribution in [3.63, 3.8) is 0 Å². The first-order valence-electron chi connectivity index (χ1n) is 6.08. The van der Waals surface area contributed by atoms with Gasteiger partial charge in [-0.2, -0.15) is 0 Å². The van der Waals surface area contributed by atoms with Crippen LogP contribution < -0.4 is 5.73 Å². The number of anilines is 1. The first kappa shape index (κ1) is 12.6. The first-order valence-corrected chi connectivity index (χ1v) is 6.08. The van der Waals surface area contributed by atoms with E-state index in [-0.39, 0.29) is 5.41 Å². The number of aromatic nitrogens is 2. The van der Waals surface area contributed by atoms with Crippen LogP contribution in [0.5, 0.6) is 0 Å². The van der Waals surface area contributed by atoms with Crippen molar-refractivity contribution in [1.29, 1.82) is 0 Å². The molecule has 0 aliphatic heterocycles. The predicted octanol–water partition coefficient (Wildman–Crippen LogP) is 3.33. The van der Waals surface area contributed by atoms with Crippen molar-refractivity contribution in [1.82, 2.24) is 9.97 Å². The van der Waals surface area contributed by atoms with E-state index in [1.54, 1.807) is 0 Å². The van der Waals surface area contributed by atoms with Gasteiger partial charge in [-0.1, -0.05) is 20.8 Å². The van der Waals surface area contributed by atoms with Gasteiger partial charge in [-0.05, 0) is 36.8 Å². The Labute approximate surface area is 108 Å². The highest BCUT2D eigenvalue weighted by Gasteiger charge is 2.16. The molecule has 2 aromatic rings. The van der Waals surface area contributed by atoms with E-state index < -0.39 is 0 Å². The van der Waals surface area contributed by atoms with E-state index in [0.717, 1.165) is 28.3 Å². The van der Waals surface area contributed by atoms with Gasteiger partial charge in [-0.25, -0.2) is 9.97 Å². The van der Waals surface area contributed by atoms with Crippen molar-refractivity contribution in [2.24, 2.45) is 0 Å². The van der Waals surface area contributed by atoms with Gasteiger partial charge >= 0.3 is 0 Å². The van der Waals surface area contributed by atoms with E-state index in [0.29, 0.717) is 0 Å². The molecule has 3 heteroatoms. The van der Waals surface area contributed by atoms with Crippen LogP contribution in [0, 0.1) is 6.92 Å². The molecule has 0 saturated carbocycles. The molecule has 0 bridgehead atoms. The first-order chi connectivity index (χ1) is 8.38. The van der Waals surface area contributed by atoms with Gasteiger partial charge in [0.1, 0.15) is 0 Å². The number of nitrogens with zero attached hydrogens (tertiary/aromatic N) is 2. The van der Waals surface area contributed by atoms with Gasteiger partial charge in [-0.3, -0.25) is 0 Å². The van der Waals surface area contributed by atoms with Gasteiger partial charge in [0, 0.05) is 28.6 Å². The summed E-state index contributed by atoms with van der Waals surface area (Å²) in [6.45, 7) is 8.43. The van der Waals surface area contributed by atoms with E-state index in [1.165, 1.54) is 0 Å². The number of rotatable bonds is 1. The van der Waals surface area contributed by atoms with Crippen molar-refractivity contribution in [2.45, 2.75) is 33.1 Å². The molecule has 0 spiro atoms. The number of aryl methyl sites for hydroxylation is 1. The van der Waals surface area contributed by atoms with Crippen LogP contribution in [-0.2, 0) is 5.41 Å². The summed E-state index contributed by atoms with van der Waals surface area (Å²) >= 11 is 0. The lowest BCUT2D eigenvalue weighted by molar-refractivity contribution is 0.568. The standard InChI is InChI=1S/C15H19N3/c1-10-9-11(5-6-12(10)16)14-17-8-7-13(18-14)15(2,3)4/h5-9H,16H2,1-4H3. The van der Waals surface area contributed by atoms with Gasteiger partial charge in [-0.15, -0.1) is 0 Å². The molecule has 18 heavy (non-hydrogen) atoms. The van der Waals surface area contributed by atoms with E-state index in [9.17, 15) is 0 Å². The molecule has 0 atom stereocenters. The van der Waals surface area contributed by atoms with Crippen LogP contribution in [0.4, 0.5) is 5.69 Å². The third-order valence-corrected chi connectivity index (χ3v) is 2.95. The van der Waals surface area contributed by atoms with E-state index in [2.05, 4.69) is 30.7 Å². The summed E-state index contributed by atoms with van der Waals surface area (Å²) in [5.74, 6) is 0.755. The summed E-state index contributed by atoms with van der Waals surface area (Å²) in [5.41, 5.74) is 9.75. The highest BCUT2D eigenvalue weighted by Crippen LogP contribution is 2.24. The van der Waals surface area contributed by atoms with Crippen molar-refractivity contribution in [2.75, 3.05) is 5.73 Å². The lowest BCUT2D eigenvalue weighted by atomic mass is 9.92. The largest absolute Gasteiger partial charge is 0.399 e. The van der Waals surface area contributed by atoms with Gasteiger partial charge in [0.15, 0.2) is 5.82 Å². The summed E-state index contributed by atoms with van der Waals surface area (Å²) in [7, 11) is 0. The Morgan fingerprint density at radius 1 is 1.11 bits per heavy atom. The normalized spacial score (nSPS) is 11.6. The summed E-state index contributed by atoms with van der Waals surface area (Å²) < 4.78 is 0. The Hall–Kier alpha value is -1.90. The lowest BCUT2D eigenvalue weighted by Gasteiger charge is -2.18. The van der Waals surface area contributed by atoms with Crippen LogP contribution in [-0.4, -0.2) is 9.97 Å².